The highest BCUT2D eigenvalue weighted by Gasteiger charge is 2.33. The zero-order valence-electron chi connectivity index (χ0n) is 14.1. The van der Waals surface area contributed by atoms with E-state index in [9.17, 15) is 4.79 Å². The summed E-state index contributed by atoms with van der Waals surface area (Å²) in [7, 11) is 0. The molecule has 3 heterocycles. The number of carbonyl (C=O) groups is 1. The molecule has 6 heteroatoms. The van der Waals surface area contributed by atoms with Gasteiger partial charge in [0, 0.05) is 37.2 Å². The zero-order valence-corrected chi connectivity index (χ0v) is 14.1. The minimum absolute atomic E-state index is 0.0538. The molecule has 0 radical (unpaired) electrons. The SMILES string of the molecule is Cc1ccc(-c2ncccn2)c(C(=O)N2CCCC(C)C2CN)n1. The molecule has 3 rings (SSSR count). The second-order valence-corrected chi connectivity index (χ2v) is 6.34. The Morgan fingerprint density at radius 2 is 2.08 bits per heavy atom. The summed E-state index contributed by atoms with van der Waals surface area (Å²) in [5, 5.41) is 0. The van der Waals surface area contributed by atoms with Gasteiger partial charge in [0.15, 0.2) is 5.82 Å². The van der Waals surface area contributed by atoms with Crippen LogP contribution in [-0.2, 0) is 0 Å². The summed E-state index contributed by atoms with van der Waals surface area (Å²) >= 11 is 0. The Bertz CT molecular complexity index is 719. The molecule has 2 atom stereocenters. The molecule has 2 aromatic rings. The molecule has 0 saturated carbocycles. The van der Waals surface area contributed by atoms with Crippen molar-refractivity contribution in [2.24, 2.45) is 11.7 Å². The molecule has 2 N–H and O–H groups in total. The van der Waals surface area contributed by atoms with Crippen molar-refractivity contribution in [2.45, 2.75) is 32.7 Å². The Morgan fingerprint density at radius 3 is 2.79 bits per heavy atom. The Morgan fingerprint density at radius 1 is 1.33 bits per heavy atom. The summed E-state index contributed by atoms with van der Waals surface area (Å²) in [5.41, 5.74) is 7.82. The van der Waals surface area contributed by atoms with Crippen molar-refractivity contribution in [1.82, 2.24) is 19.9 Å². The van der Waals surface area contributed by atoms with Crippen LogP contribution in [0.5, 0.6) is 0 Å². The molecule has 1 amide bonds. The van der Waals surface area contributed by atoms with E-state index >= 15 is 0 Å². The molecule has 24 heavy (non-hydrogen) atoms. The number of hydrogen-bond acceptors (Lipinski definition) is 5. The predicted octanol–water partition coefficient (Wildman–Crippen LogP) is 2.05. The summed E-state index contributed by atoms with van der Waals surface area (Å²) in [6.45, 7) is 5.22. The third-order valence-corrected chi connectivity index (χ3v) is 4.66. The van der Waals surface area contributed by atoms with Crippen LogP contribution in [0.4, 0.5) is 0 Å². The summed E-state index contributed by atoms with van der Waals surface area (Å²) in [5.74, 6) is 0.833. The summed E-state index contributed by atoms with van der Waals surface area (Å²) < 4.78 is 0. The number of aromatic nitrogens is 3. The maximum Gasteiger partial charge on any atom is 0.273 e. The fraction of sp³-hybridized carbons (Fsp3) is 0.444. The number of aryl methyl sites for hydroxylation is 1. The number of carbonyl (C=O) groups excluding carboxylic acids is 1. The number of rotatable bonds is 3. The van der Waals surface area contributed by atoms with E-state index in [1.165, 1.54) is 0 Å². The lowest BCUT2D eigenvalue weighted by Gasteiger charge is -2.39. The van der Waals surface area contributed by atoms with E-state index < -0.39 is 0 Å². The molecule has 0 spiro atoms. The second kappa shape index (κ2) is 7.05. The van der Waals surface area contributed by atoms with Crippen LogP contribution in [0, 0.1) is 12.8 Å². The molecule has 1 aliphatic rings. The van der Waals surface area contributed by atoms with Gasteiger partial charge in [-0.05, 0) is 43.9 Å². The van der Waals surface area contributed by atoms with Crippen LogP contribution in [0.2, 0.25) is 0 Å². The van der Waals surface area contributed by atoms with Gasteiger partial charge in [-0.2, -0.15) is 0 Å². The second-order valence-electron chi connectivity index (χ2n) is 6.34. The Balaban J connectivity index is 2.02. The van der Waals surface area contributed by atoms with Gasteiger partial charge in [0.1, 0.15) is 5.69 Å². The van der Waals surface area contributed by atoms with Gasteiger partial charge in [0.25, 0.3) is 5.91 Å². The van der Waals surface area contributed by atoms with Crippen LogP contribution in [0.15, 0.2) is 30.6 Å². The largest absolute Gasteiger partial charge is 0.333 e. The molecule has 1 fully saturated rings. The smallest absolute Gasteiger partial charge is 0.273 e. The van der Waals surface area contributed by atoms with Crippen LogP contribution in [0.25, 0.3) is 11.4 Å². The van der Waals surface area contributed by atoms with Crippen molar-refractivity contribution in [1.29, 1.82) is 0 Å². The van der Waals surface area contributed by atoms with Crippen molar-refractivity contribution in [3.05, 3.63) is 42.0 Å². The van der Waals surface area contributed by atoms with Gasteiger partial charge in [0.05, 0.1) is 5.56 Å². The summed E-state index contributed by atoms with van der Waals surface area (Å²) in [6, 6.07) is 5.55. The molecule has 0 aliphatic carbocycles. The highest BCUT2D eigenvalue weighted by atomic mass is 16.2. The quantitative estimate of drug-likeness (QED) is 0.933. The van der Waals surface area contributed by atoms with E-state index in [1.54, 1.807) is 18.5 Å². The molecule has 0 aromatic carbocycles. The average Bonchev–Trinajstić information content (AvgIpc) is 2.61. The number of nitrogens with two attached hydrogens (primary N) is 1. The molecular weight excluding hydrogens is 302 g/mol. The molecule has 1 aliphatic heterocycles. The average molecular weight is 325 g/mol. The normalized spacial score (nSPS) is 20.9. The van der Waals surface area contributed by atoms with Crippen LogP contribution < -0.4 is 5.73 Å². The first-order chi connectivity index (χ1) is 11.6. The van der Waals surface area contributed by atoms with Gasteiger partial charge in [-0.3, -0.25) is 4.79 Å². The maximum absolute atomic E-state index is 13.2. The number of likely N-dealkylation sites (tertiary alicyclic amines) is 1. The van der Waals surface area contributed by atoms with Gasteiger partial charge in [-0.15, -0.1) is 0 Å². The van der Waals surface area contributed by atoms with Gasteiger partial charge in [-0.25, -0.2) is 15.0 Å². The Labute approximate surface area is 142 Å². The van der Waals surface area contributed by atoms with Crippen molar-refractivity contribution in [3.63, 3.8) is 0 Å². The van der Waals surface area contributed by atoms with Crippen LogP contribution >= 0.6 is 0 Å². The lowest BCUT2D eigenvalue weighted by molar-refractivity contribution is 0.0527. The third-order valence-electron chi connectivity index (χ3n) is 4.66. The topological polar surface area (TPSA) is 85.0 Å². The van der Waals surface area contributed by atoms with Crippen LogP contribution in [0.1, 0.15) is 35.9 Å². The standard InChI is InChI=1S/C18H23N5O/c1-12-5-3-10-23(15(12)11-19)18(24)16-14(7-6-13(2)22-16)17-20-8-4-9-21-17/h4,6-9,12,15H,3,5,10-11,19H2,1-2H3. The van der Waals surface area contributed by atoms with Crippen LogP contribution in [0.3, 0.4) is 0 Å². The fourth-order valence-corrected chi connectivity index (χ4v) is 3.34. The van der Waals surface area contributed by atoms with Crippen molar-refractivity contribution in [3.8, 4) is 11.4 Å². The van der Waals surface area contributed by atoms with Gasteiger partial charge < -0.3 is 10.6 Å². The van der Waals surface area contributed by atoms with Crippen molar-refractivity contribution < 1.29 is 4.79 Å². The van der Waals surface area contributed by atoms with Crippen LogP contribution in [-0.4, -0.2) is 44.9 Å². The number of piperidine rings is 1. The monoisotopic (exact) mass is 325 g/mol. The van der Waals surface area contributed by atoms with Gasteiger partial charge >= 0.3 is 0 Å². The molecule has 126 valence electrons. The number of hydrogen-bond donors (Lipinski definition) is 1. The Hall–Kier alpha value is -2.34. The first kappa shape index (κ1) is 16.5. The fourth-order valence-electron chi connectivity index (χ4n) is 3.34. The van der Waals surface area contributed by atoms with Gasteiger partial charge in [0.2, 0.25) is 0 Å². The minimum atomic E-state index is -0.0804. The summed E-state index contributed by atoms with van der Waals surface area (Å²) in [6.07, 6.45) is 5.43. The van der Waals surface area contributed by atoms with Crippen molar-refractivity contribution >= 4 is 5.91 Å². The van der Waals surface area contributed by atoms with E-state index in [2.05, 4.69) is 21.9 Å². The molecule has 1 saturated heterocycles. The lowest BCUT2D eigenvalue weighted by atomic mass is 9.90. The van der Waals surface area contributed by atoms with Crippen molar-refractivity contribution in [2.75, 3.05) is 13.1 Å². The molecule has 2 unspecified atom stereocenters. The van der Waals surface area contributed by atoms with E-state index in [0.717, 1.165) is 25.1 Å². The molecule has 0 bridgehead atoms. The molecular formula is C18H23N5O. The van der Waals surface area contributed by atoms with E-state index in [0.29, 0.717) is 29.5 Å². The summed E-state index contributed by atoms with van der Waals surface area (Å²) in [4.78, 5) is 28.1. The van der Waals surface area contributed by atoms with E-state index in [4.69, 9.17) is 5.73 Å². The maximum atomic E-state index is 13.2. The third kappa shape index (κ3) is 3.14. The zero-order chi connectivity index (χ0) is 17.1. The number of amides is 1. The number of pyridine rings is 1. The first-order valence-electron chi connectivity index (χ1n) is 8.38. The molecule has 2 aromatic heterocycles. The first-order valence-corrected chi connectivity index (χ1v) is 8.38. The van der Waals surface area contributed by atoms with E-state index in [-0.39, 0.29) is 11.9 Å². The van der Waals surface area contributed by atoms with E-state index in [1.807, 2.05) is 24.0 Å². The minimum Gasteiger partial charge on any atom is -0.333 e. The predicted molar refractivity (Wildman–Crippen MR) is 92.3 cm³/mol. The lowest BCUT2D eigenvalue weighted by Crippen LogP contribution is -2.51. The highest BCUT2D eigenvalue weighted by molar-refractivity contribution is 5.98. The molecule has 6 nitrogen and oxygen atoms in total. The van der Waals surface area contributed by atoms with Gasteiger partial charge in [-0.1, -0.05) is 6.92 Å². The number of nitrogens with zero attached hydrogens (tertiary/aromatic N) is 4. The highest BCUT2D eigenvalue weighted by Crippen LogP contribution is 2.27. The Kier molecular flexibility index (Phi) is 4.85.